The number of thiazole rings is 1. The van der Waals surface area contributed by atoms with E-state index in [-0.39, 0.29) is 24.0 Å². The van der Waals surface area contributed by atoms with Crippen molar-refractivity contribution in [2.75, 3.05) is 19.7 Å². The molecule has 2 N–H and O–H groups in total. The topological polar surface area (TPSA) is 71.4 Å². The van der Waals surface area contributed by atoms with Crippen LogP contribution in [0.25, 0.3) is 0 Å². The van der Waals surface area contributed by atoms with Crippen LogP contribution in [0, 0.1) is 6.92 Å². The number of hydrogen-bond acceptors (Lipinski definition) is 5. The van der Waals surface area contributed by atoms with Gasteiger partial charge >= 0.3 is 0 Å². The Labute approximate surface area is 170 Å². The standard InChI is InChI=1S/C17H25N5OS.HI/c1-4-18-17(20-10-8-15-12-24-13(3)22-15)21-11-14-7-6-9-19-16(14)23-5-2;/h6-7,9,12H,4-5,8,10-11H2,1-3H3,(H2,18,20,21);1H. The Balaban J connectivity index is 0.00000312. The predicted octanol–water partition coefficient (Wildman–Crippen LogP) is 3.16. The van der Waals surface area contributed by atoms with Crippen LogP contribution in [0.15, 0.2) is 28.7 Å². The van der Waals surface area contributed by atoms with Gasteiger partial charge in [0, 0.05) is 36.7 Å². The fourth-order valence-electron chi connectivity index (χ4n) is 2.15. The summed E-state index contributed by atoms with van der Waals surface area (Å²) >= 11 is 1.68. The summed E-state index contributed by atoms with van der Waals surface area (Å²) in [6, 6.07) is 3.89. The number of hydrogen-bond donors (Lipinski definition) is 2. The van der Waals surface area contributed by atoms with Crippen molar-refractivity contribution in [2.24, 2.45) is 4.99 Å². The molecule has 6 nitrogen and oxygen atoms in total. The minimum absolute atomic E-state index is 0. The maximum atomic E-state index is 5.54. The summed E-state index contributed by atoms with van der Waals surface area (Å²) in [5.74, 6) is 1.44. The number of aromatic nitrogens is 2. The Morgan fingerprint density at radius 1 is 1.32 bits per heavy atom. The second-order valence-corrected chi connectivity index (χ2v) is 6.19. The van der Waals surface area contributed by atoms with Crippen LogP contribution >= 0.6 is 35.3 Å². The number of pyridine rings is 1. The Bertz CT molecular complexity index is 662. The van der Waals surface area contributed by atoms with Gasteiger partial charge in [-0.25, -0.2) is 15.0 Å². The number of aliphatic imine (C=N–C) groups is 1. The lowest BCUT2D eigenvalue weighted by molar-refractivity contribution is 0.323. The first-order valence-corrected chi connectivity index (χ1v) is 9.10. The molecule has 2 heterocycles. The number of aryl methyl sites for hydroxylation is 1. The van der Waals surface area contributed by atoms with E-state index >= 15 is 0 Å². The van der Waals surface area contributed by atoms with E-state index in [1.807, 2.05) is 26.0 Å². The molecule has 0 fully saturated rings. The summed E-state index contributed by atoms with van der Waals surface area (Å²) in [6.45, 7) is 8.75. The first-order valence-electron chi connectivity index (χ1n) is 8.22. The van der Waals surface area contributed by atoms with E-state index in [1.54, 1.807) is 17.5 Å². The lowest BCUT2D eigenvalue weighted by Crippen LogP contribution is -2.38. The molecular formula is C17H26IN5OS. The van der Waals surface area contributed by atoms with E-state index in [0.29, 0.717) is 19.0 Å². The highest BCUT2D eigenvalue weighted by atomic mass is 127. The van der Waals surface area contributed by atoms with Crippen molar-refractivity contribution in [3.8, 4) is 5.88 Å². The minimum atomic E-state index is 0. The molecular weight excluding hydrogens is 449 g/mol. The molecule has 0 saturated carbocycles. The van der Waals surface area contributed by atoms with E-state index in [1.165, 1.54) is 0 Å². The van der Waals surface area contributed by atoms with E-state index < -0.39 is 0 Å². The highest BCUT2D eigenvalue weighted by molar-refractivity contribution is 14.0. The molecule has 2 aromatic heterocycles. The number of rotatable bonds is 8. The summed E-state index contributed by atoms with van der Waals surface area (Å²) < 4.78 is 5.54. The zero-order chi connectivity index (χ0) is 17.2. The average Bonchev–Trinajstić information content (AvgIpc) is 2.99. The van der Waals surface area contributed by atoms with Crippen LogP contribution in [-0.4, -0.2) is 35.6 Å². The van der Waals surface area contributed by atoms with Crippen LogP contribution in [0.5, 0.6) is 5.88 Å². The van der Waals surface area contributed by atoms with E-state index in [2.05, 4.69) is 37.9 Å². The molecule has 2 aromatic rings. The number of nitrogens with zero attached hydrogens (tertiary/aromatic N) is 3. The number of guanidine groups is 1. The van der Waals surface area contributed by atoms with Crippen LogP contribution in [0.4, 0.5) is 0 Å². The molecule has 0 amide bonds. The second kappa shape index (κ2) is 12.0. The van der Waals surface area contributed by atoms with Gasteiger partial charge in [0.1, 0.15) is 0 Å². The van der Waals surface area contributed by atoms with Crippen LogP contribution in [0.1, 0.15) is 30.1 Å². The van der Waals surface area contributed by atoms with Crippen molar-refractivity contribution in [1.82, 2.24) is 20.6 Å². The molecule has 138 valence electrons. The van der Waals surface area contributed by atoms with E-state index in [4.69, 9.17) is 4.74 Å². The minimum Gasteiger partial charge on any atom is -0.478 e. The SMILES string of the molecule is CCNC(=NCc1cccnc1OCC)NCCc1csc(C)n1.I. The number of nitrogens with one attached hydrogen (secondary N) is 2. The molecule has 2 rings (SSSR count). The molecule has 0 aromatic carbocycles. The van der Waals surface area contributed by atoms with Crippen LogP contribution in [0.2, 0.25) is 0 Å². The zero-order valence-electron chi connectivity index (χ0n) is 14.9. The summed E-state index contributed by atoms with van der Waals surface area (Å²) in [5, 5.41) is 9.80. The van der Waals surface area contributed by atoms with Gasteiger partial charge in [-0.15, -0.1) is 35.3 Å². The molecule has 0 saturated heterocycles. The number of ether oxygens (including phenoxy) is 1. The molecule has 25 heavy (non-hydrogen) atoms. The zero-order valence-corrected chi connectivity index (χ0v) is 18.1. The van der Waals surface area contributed by atoms with E-state index in [9.17, 15) is 0 Å². The van der Waals surface area contributed by atoms with E-state index in [0.717, 1.165) is 41.7 Å². The van der Waals surface area contributed by atoms with Gasteiger partial charge in [0.05, 0.1) is 23.9 Å². The van der Waals surface area contributed by atoms with Crippen molar-refractivity contribution in [2.45, 2.75) is 33.7 Å². The van der Waals surface area contributed by atoms with Crippen molar-refractivity contribution < 1.29 is 4.74 Å². The second-order valence-electron chi connectivity index (χ2n) is 5.13. The molecule has 0 aliphatic carbocycles. The summed E-state index contributed by atoms with van der Waals surface area (Å²) in [6.07, 6.45) is 2.61. The van der Waals surface area contributed by atoms with Crippen LogP contribution in [0.3, 0.4) is 0 Å². The first-order chi connectivity index (χ1) is 11.7. The molecule has 8 heteroatoms. The average molecular weight is 475 g/mol. The van der Waals surface area contributed by atoms with Gasteiger partial charge in [-0.05, 0) is 26.8 Å². The maximum Gasteiger partial charge on any atom is 0.218 e. The molecule has 0 unspecified atom stereocenters. The lowest BCUT2D eigenvalue weighted by atomic mass is 10.3. The van der Waals surface area contributed by atoms with Gasteiger partial charge in [-0.1, -0.05) is 6.07 Å². The maximum absolute atomic E-state index is 5.54. The third-order valence-corrected chi connectivity index (χ3v) is 4.05. The fraction of sp³-hybridized carbons (Fsp3) is 0.471. The Morgan fingerprint density at radius 3 is 2.84 bits per heavy atom. The molecule has 0 aliphatic rings. The predicted molar refractivity (Wildman–Crippen MR) is 114 cm³/mol. The van der Waals surface area contributed by atoms with Crippen molar-refractivity contribution in [3.05, 3.63) is 40.0 Å². The molecule has 0 aliphatic heterocycles. The Kier molecular flexibility index (Phi) is 10.4. The van der Waals surface area contributed by atoms with Gasteiger partial charge in [0.2, 0.25) is 5.88 Å². The monoisotopic (exact) mass is 475 g/mol. The summed E-state index contributed by atoms with van der Waals surface area (Å²) in [4.78, 5) is 13.3. The molecule has 0 bridgehead atoms. The van der Waals surface area contributed by atoms with Gasteiger partial charge in [-0.2, -0.15) is 0 Å². The normalized spacial score (nSPS) is 10.9. The third kappa shape index (κ3) is 7.55. The van der Waals surface area contributed by atoms with Gasteiger partial charge in [0.25, 0.3) is 0 Å². The Hall–Kier alpha value is -1.42. The lowest BCUT2D eigenvalue weighted by Gasteiger charge is -2.11. The highest BCUT2D eigenvalue weighted by Gasteiger charge is 2.05. The van der Waals surface area contributed by atoms with Crippen LogP contribution < -0.4 is 15.4 Å². The third-order valence-electron chi connectivity index (χ3n) is 3.22. The molecule has 0 radical (unpaired) electrons. The number of halogens is 1. The van der Waals surface area contributed by atoms with Crippen LogP contribution in [-0.2, 0) is 13.0 Å². The highest BCUT2D eigenvalue weighted by Crippen LogP contribution is 2.15. The van der Waals surface area contributed by atoms with Gasteiger partial charge in [-0.3, -0.25) is 0 Å². The largest absolute Gasteiger partial charge is 0.478 e. The van der Waals surface area contributed by atoms with Crippen molar-refractivity contribution in [3.63, 3.8) is 0 Å². The molecule has 0 atom stereocenters. The molecule has 0 spiro atoms. The fourth-order valence-corrected chi connectivity index (χ4v) is 2.80. The van der Waals surface area contributed by atoms with Gasteiger partial charge in [0.15, 0.2) is 5.96 Å². The van der Waals surface area contributed by atoms with Gasteiger partial charge < -0.3 is 15.4 Å². The smallest absolute Gasteiger partial charge is 0.218 e. The summed E-state index contributed by atoms with van der Waals surface area (Å²) in [5.41, 5.74) is 2.10. The van der Waals surface area contributed by atoms with Crippen molar-refractivity contribution >= 4 is 41.3 Å². The van der Waals surface area contributed by atoms with Crippen molar-refractivity contribution in [1.29, 1.82) is 0 Å². The Morgan fingerprint density at radius 2 is 2.16 bits per heavy atom. The first kappa shape index (κ1) is 21.6. The summed E-state index contributed by atoms with van der Waals surface area (Å²) in [7, 11) is 0. The quantitative estimate of drug-likeness (QED) is 0.349.